The highest BCUT2D eigenvalue weighted by Crippen LogP contribution is 2.24. The first-order valence-corrected chi connectivity index (χ1v) is 7.85. The lowest BCUT2D eigenvalue weighted by atomic mass is 10.1. The van der Waals surface area contributed by atoms with Crippen molar-refractivity contribution in [1.82, 2.24) is 15.1 Å². The molecule has 0 saturated carbocycles. The summed E-state index contributed by atoms with van der Waals surface area (Å²) in [5, 5.41) is 10.6. The van der Waals surface area contributed by atoms with Gasteiger partial charge < -0.3 is 15.4 Å². The van der Waals surface area contributed by atoms with Crippen molar-refractivity contribution in [1.29, 1.82) is 0 Å². The van der Waals surface area contributed by atoms with Crippen molar-refractivity contribution in [2.45, 2.75) is 19.4 Å². The highest BCUT2D eigenvalue weighted by molar-refractivity contribution is 5.90. The third-order valence-electron chi connectivity index (χ3n) is 3.99. The Morgan fingerprint density at radius 3 is 3.04 bits per heavy atom. The Kier molecular flexibility index (Phi) is 4.73. The number of anilines is 1. The van der Waals surface area contributed by atoms with Gasteiger partial charge in [0, 0.05) is 31.8 Å². The van der Waals surface area contributed by atoms with E-state index in [0.29, 0.717) is 25.4 Å². The molecule has 1 atom stereocenters. The summed E-state index contributed by atoms with van der Waals surface area (Å²) in [6.45, 7) is 4.27. The van der Waals surface area contributed by atoms with Gasteiger partial charge in [0.25, 0.3) is 0 Å². The Labute approximate surface area is 135 Å². The zero-order chi connectivity index (χ0) is 16.2. The smallest absolute Gasteiger partial charge is 0.228 e. The maximum absolute atomic E-state index is 12.2. The molecule has 1 saturated heterocycles. The maximum atomic E-state index is 12.2. The molecule has 2 heterocycles. The van der Waals surface area contributed by atoms with Crippen molar-refractivity contribution in [2.75, 3.05) is 25.0 Å². The van der Waals surface area contributed by atoms with Gasteiger partial charge in [0.05, 0.1) is 24.8 Å². The van der Waals surface area contributed by atoms with Gasteiger partial charge in [-0.3, -0.25) is 9.48 Å². The molecule has 1 aliphatic rings. The summed E-state index contributed by atoms with van der Waals surface area (Å²) in [6.07, 6.45) is 0.283. The molecule has 1 unspecified atom stereocenters. The van der Waals surface area contributed by atoms with Crippen LogP contribution in [0.5, 0.6) is 0 Å². The standard InChI is InChI=1S/C17H22N4O2/c1-12-5-3-4-6-14(12)15-10-16(21(2)20-15)19-17(22)9-13-11-18-7-8-23-13/h3-6,10,13,18H,7-9,11H2,1-2H3,(H,19,22). The lowest BCUT2D eigenvalue weighted by Crippen LogP contribution is -2.40. The number of nitrogens with one attached hydrogen (secondary N) is 2. The van der Waals surface area contributed by atoms with E-state index in [4.69, 9.17) is 4.74 Å². The van der Waals surface area contributed by atoms with E-state index in [1.54, 1.807) is 4.68 Å². The van der Waals surface area contributed by atoms with Crippen LogP contribution < -0.4 is 10.6 Å². The van der Waals surface area contributed by atoms with E-state index in [1.165, 1.54) is 0 Å². The first-order chi connectivity index (χ1) is 11.1. The lowest BCUT2D eigenvalue weighted by Gasteiger charge is -2.22. The third kappa shape index (κ3) is 3.78. The van der Waals surface area contributed by atoms with Gasteiger partial charge in [-0.25, -0.2) is 0 Å². The van der Waals surface area contributed by atoms with Crippen LogP contribution in [0.25, 0.3) is 11.3 Å². The van der Waals surface area contributed by atoms with E-state index in [0.717, 1.165) is 23.4 Å². The summed E-state index contributed by atoms with van der Waals surface area (Å²) >= 11 is 0. The average molecular weight is 314 g/mol. The molecule has 1 aliphatic heterocycles. The van der Waals surface area contributed by atoms with Crippen molar-refractivity contribution >= 4 is 11.7 Å². The monoisotopic (exact) mass is 314 g/mol. The zero-order valence-corrected chi connectivity index (χ0v) is 13.5. The molecule has 6 nitrogen and oxygen atoms in total. The van der Waals surface area contributed by atoms with E-state index in [9.17, 15) is 4.79 Å². The van der Waals surface area contributed by atoms with Gasteiger partial charge in [-0.05, 0) is 12.5 Å². The Bertz CT molecular complexity index is 690. The number of nitrogens with zero attached hydrogens (tertiary/aromatic N) is 2. The summed E-state index contributed by atoms with van der Waals surface area (Å²) in [5.41, 5.74) is 3.09. The molecule has 0 aliphatic carbocycles. The van der Waals surface area contributed by atoms with E-state index >= 15 is 0 Å². The number of carbonyl (C=O) groups excluding carboxylic acids is 1. The topological polar surface area (TPSA) is 68.2 Å². The van der Waals surface area contributed by atoms with E-state index in [1.807, 2.05) is 31.3 Å². The minimum Gasteiger partial charge on any atom is -0.375 e. The fourth-order valence-corrected chi connectivity index (χ4v) is 2.73. The number of rotatable bonds is 4. The quantitative estimate of drug-likeness (QED) is 0.901. The van der Waals surface area contributed by atoms with Crippen LogP contribution in [0.4, 0.5) is 5.82 Å². The highest BCUT2D eigenvalue weighted by atomic mass is 16.5. The van der Waals surface area contributed by atoms with Gasteiger partial charge in [-0.2, -0.15) is 5.10 Å². The predicted molar refractivity (Wildman–Crippen MR) is 89.2 cm³/mol. The second-order valence-electron chi connectivity index (χ2n) is 5.80. The minimum atomic E-state index is -0.0622. The molecular formula is C17H22N4O2. The van der Waals surface area contributed by atoms with Crippen molar-refractivity contribution < 1.29 is 9.53 Å². The fraction of sp³-hybridized carbons (Fsp3) is 0.412. The molecule has 122 valence electrons. The largest absolute Gasteiger partial charge is 0.375 e. The van der Waals surface area contributed by atoms with E-state index in [-0.39, 0.29) is 12.0 Å². The van der Waals surface area contributed by atoms with Crippen LogP contribution in [0.1, 0.15) is 12.0 Å². The molecule has 3 rings (SSSR count). The fourth-order valence-electron chi connectivity index (χ4n) is 2.73. The van der Waals surface area contributed by atoms with Crippen LogP contribution in [-0.4, -0.2) is 41.5 Å². The van der Waals surface area contributed by atoms with Crippen LogP contribution >= 0.6 is 0 Å². The Morgan fingerprint density at radius 1 is 1.48 bits per heavy atom. The molecule has 6 heteroatoms. The predicted octanol–water partition coefficient (Wildman–Crippen LogP) is 1.71. The van der Waals surface area contributed by atoms with Crippen molar-refractivity contribution in [3.05, 3.63) is 35.9 Å². The molecule has 0 radical (unpaired) electrons. The van der Waals surface area contributed by atoms with E-state index < -0.39 is 0 Å². The van der Waals surface area contributed by atoms with Gasteiger partial charge in [0.15, 0.2) is 0 Å². The number of amides is 1. The molecule has 1 aromatic heterocycles. The third-order valence-corrected chi connectivity index (χ3v) is 3.99. The summed E-state index contributed by atoms with van der Waals surface area (Å²) in [6, 6.07) is 9.98. The van der Waals surface area contributed by atoms with Crippen LogP contribution in [0.15, 0.2) is 30.3 Å². The molecule has 1 amide bonds. The van der Waals surface area contributed by atoms with Crippen molar-refractivity contribution in [2.24, 2.45) is 7.05 Å². The van der Waals surface area contributed by atoms with Gasteiger partial charge in [-0.1, -0.05) is 24.3 Å². The summed E-state index contributed by atoms with van der Waals surface area (Å²) in [4.78, 5) is 12.2. The van der Waals surface area contributed by atoms with Gasteiger partial charge in [0.2, 0.25) is 5.91 Å². The second-order valence-corrected chi connectivity index (χ2v) is 5.80. The average Bonchev–Trinajstić information content (AvgIpc) is 2.89. The second kappa shape index (κ2) is 6.93. The number of carbonyl (C=O) groups is 1. The van der Waals surface area contributed by atoms with Crippen LogP contribution in [0, 0.1) is 6.92 Å². The summed E-state index contributed by atoms with van der Waals surface area (Å²) in [5.74, 6) is 0.634. The molecular weight excluding hydrogens is 292 g/mol. The van der Waals surface area contributed by atoms with Crippen LogP contribution in [0.3, 0.4) is 0 Å². The van der Waals surface area contributed by atoms with Gasteiger partial charge in [0.1, 0.15) is 5.82 Å². The Balaban J connectivity index is 1.69. The number of aryl methyl sites for hydroxylation is 2. The number of benzene rings is 1. The molecule has 1 fully saturated rings. The first-order valence-electron chi connectivity index (χ1n) is 7.85. The molecule has 0 bridgehead atoms. The maximum Gasteiger partial charge on any atom is 0.228 e. The molecule has 23 heavy (non-hydrogen) atoms. The van der Waals surface area contributed by atoms with Crippen LogP contribution in [-0.2, 0) is 16.6 Å². The van der Waals surface area contributed by atoms with Crippen molar-refractivity contribution in [3.63, 3.8) is 0 Å². The molecule has 2 N–H and O–H groups in total. The first kappa shape index (κ1) is 15.7. The Morgan fingerprint density at radius 2 is 2.30 bits per heavy atom. The lowest BCUT2D eigenvalue weighted by molar-refractivity contribution is -0.119. The number of aromatic nitrogens is 2. The number of ether oxygens (including phenoxy) is 1. The SMILES string of the molecule is Cc1ccccc1-c1cc(NC(=O)CC2CNCCO2)n(C)n1. The molecule has 2 aromatic rings. The number of hydrogen-bond acceptors (Lipinski definition) is 4. The normalized spacial score (nSPS) is 17.9. The summed E-state index contributed by atoms with van der Waals surface area (Å²) < 4.78 is 7.26. The van der Waals surface area contributed by atoms with E-state index in [2.05, 4.69) is 28.7 Å². The Hall–Kier alpha value is -2.18. The van der Waals surface area contributed by atoms with Gasteiger partial charge >= 0.3 is 0 Å². The zero-order valence-electron chi connectivity index (χ0n) is 13.5. The number of hydrogen-bond donors (Lipinski definition) is 2. The van der Waals surface area contributed by atoms with Crippen LogP contribution in [0.2, 0.25) is 0 Å². The van der Waals surface area contributed by atoms with Gasteiger partial charge in [-0.15, -0.1) is 0 Å². The highest BCUT2D eigenvalue weighted by Gasteiger charge is 2.18. The van der Waals surface area contributed by atoms with Crippen molar-refractivity contribution in [3.8, 4) is 11.3 Å². The summed E-state index contributed by atoms with van der Waals surface area (Å²) in [7, 11) is 1.83. The minimum absolute atomic E-state index is 0.0574. The molecule has 1 aromatic carbocycles. The molecule has 0 spiro atoms. The number of morpholine rings is 1.